The molecule has 1 aliphatic heterocycles. The second kappa shape index (κ2) is 6.32. The first kappa shape index (κ1) is 17.5. The van der Waals surface area contributed by atoms with E-state index in [4.69, 9.17) is 0 Å². The summed E-state index contributed by atoms with van der Waals surface area (Å²) in [5.41, 5.74) is 1.51. The molecule has 5 nitrogen and oxygen atoms in total. The Morgan fingerprint density at radius 1 is 1.09 bits per heavy atom. The lowest BCUT2D eigenvalue weighted by Crippen LogP contribution is -2.62. The van der Waals surface area contributed by atoms with Gasteiger partial charge in [-0.05, 0) is 65.2 Å². The van der Waals surface area contributed by atoms with Gasteiger partial charge in [-0.15, -0.1) is 0 Å². The van der Waals surface area contributed by atoms with E-state index in [-0.39, 0.29) is 17.1 Å². The minimum atomic E-state index is -0.621. The van der Waals surface area contributed by atoms with Crippen LogP contribution in [0.3, 0.4) is 0 Å². The van der Waals surface area contributed by atoms with Crippen molar-refractivity contribution in [1.82, 2.24) is 10.6 Å². The third kappa shape index (κ3) is 5.06. The van der Waals surface area contributed by atoms with Crippen molar-refractivity contribution < 1.29 is 9.59 Å². The molecule has 2 amide bonds. The molecule has 0 aliphatic carbocycles. The summed E-state index contributed by atoms with van der Waals surface area (Å²) in [5, 5.41) is 9.08. The lowest BCUT2D eigenvalue weighted by molar-refractivity contribution is -0.137. The maximum absolute atomic E-state index is 12.2. The van der Waals surface area contributed by atoms with Crippen LogP contribution in [-0.2, 0) is 9.59 Å². The average molecular weight is 317 g/mol. The van der Waals surface area contributed by atoms with E-state index in [1.54, 1.807) is 6.07 Å². The van der Waals surface area contributed by atoms with Gasteiger partial charge in [-0.2, -0.15) is 0 Å². The van der Waals surface area contributed by atoms with E-state index in [0.717, 1.165) is 18.4 Å². The van der Waals surface area contributed by atoms with Crippen molar-refractivity contribution in [3.63, 3.8) is 0 Å². The summed E-state index contributed by atoms with van der Waals surface area (Å²) >= 11 is 0. The molecule has 5 heteroatoms. The number of piperidine rings is 1. The third-order valence-corrected chi connectivity index (χ3v) is 4.01. The summed E-state index contributed by atoms with van der Waals surface area (Å²) in [6, 6.07) is 7.38. The Morgan fingerprint density at radius 3 is 2.26 bits per heavy atom. The highest BCUT2D eigenvalue weighted by atomic mass is 16.2. The van der Waals surface area contributed by atoms with E-state index >= 15 is 0 Å². The predicted molar refractivity (Wildman–Crippen MR) is 92.3 cm³/mol. The molecule has 1 saturated heterocycles. The zero-order valence-electron chi connectivity index (χ0n) is 14.6. The minimum absolute atomic E-state index is 0.0167. The van der Waals surface area contributed by atoms with Gasteiger partial charge in [0.15, 0.2) is 0 Å². The molecule has 0 aromatic heterocycles. The molecule has 1 aromatic rings. The molecule has 0 saturated carbocycles. The van der Waals surface area contributed by atoms with E-state index < -0.39 is 11.8 Å². The highest BCUT2D eigenvalue weighted by molar-refractivity contribution is 6.39. The van der Waals surface area contributed by atoms with Crippen molar-refractivity contribution in [3.8, 4) is 0 Å². The summed E-state index contributed by atoms with van der Waals surface area (Å²) in [5.74, 6) is -1.20. The first-order valence-electron chi connectivity index (χ1n) is 8.04. The summed E-state index contributed by atoms with van der Waals surface area (Å²) in [7, 11) is 0. The largest absolute Gasteiger partial charge is 0.345 e. The normalized spacial score (nSPS) is 19.9. The standard InChI is InChI=1S/C18H27N3O2/c1-12-7-6-8-13(9-12)19-15(22)16(23)20-14-10-17(2,3)21-18(4,5)11-14/h6-9,14,21H,10-11H2,1-5H3,(H,19,22)(H,20,23). The Kier molecular flexibility index (Phi) is 4.80. The maximum Gasteiger partial charge on any atom is 0.313 e. The lowest BCUT2D eigenvalue weighted by atomic mass is 9.79. The fraction of sp³-hybridized carbons (Fsp3) is 0.556. The van der Waals surface area contributed by atoms with Crippen LogP contribution in [0.4, 0.5) is 5.69 Å². The number of aryl methyl sites for hydroxylation is 1. The van der Waals surface area contributed by atoms with E-state index in [1.807, 2.05) is 25.1 Å². The molecule has 0 atom stereocenters. The Bertz CT molecular complexity index is 592. The topological polar surface area (TPSA) is 70.2 Å². The number of anilines is 1. The van der Waals surface area contributed by atoms with E-state index in [0.29, 0.717) is 5.69 Å². The SMILES string of the molecule is Cc1cccc(NC(=O)C(=O)NC2CC(C)(C)NC(C)(C)C2)c1. The number of rotatable bonds is 2. The van der Waals surface area contributed by atoms with Crippen LogP contribution in [0.5, 0.6) is 0 Å². The van der Waals surface area contributed by atoms with Crippen LogP contribution in [-0.4, -0.2) is 28.9 Å². The number of carbonyl (C=O) groups is 2. The molecule has 0 bridgehead atoms. The second-order valence-electron chi connectivity index (χ2n) is 7.80. The fourth-order valence-electron chi connectivity index (χ4n) is 3.59. The first-order valence-corrected chi connectivity index (χ1v) is 8.04. The molecule has 0 spiro atoms. The van der Waals surface area contributed by atoms with Crippen molar-refractivity contribution >= 4 is 17.5 Å². The Labute approximate surface area is 138 Å². The van der Waals surface area contributed by atoms with Crippen LogP contribution in [0, 0.1) is 6.92 Å². The quantitative estimate of drug-likeness (QED) is 0.733. The second-order valence-corrected chi connectivity index (χ2v) is 7.80. The van der Waals surface area contributed by atoms with E-state index in [2.05, 4.69) is 43.6 Å². The molecule has 3 N–H and O–H groups in total. The van der Waals surface area contributed by atoms with Crippen LogP contribution in [0.1, 0.15) is 46.1 Å². The smallest absolute Gasteiger partial charge is 0.313 e. The highest BCUT2D eigenvalue weighted by Gasteiger charge is 2.38. The van der Waals surface area contributed by atoms with Crippen LogP contribution in [0.15, 0.2) is 24.3 Å². The lowest BCUT2D eigenvalue weighted by Gasteiger charge is -2.46. The van der Waals surface area contributed by atoms with Crippen LogP contribution in [0.2, 0.25) is 0 Å². The summed E-state index contributed by atoms with van der Waals surface area (Å²) in [4.78, 5) is 24.3. The molecule has 2 rings (SSSR count). The molecule has 0 unspecified atom stereocenters. The zero-order chi connectivity index (χ0) is 17.3. The molecule has 0 radical (unpaired) electrons. The number of benzene rings is 1. The van der Waals surface area contributed by atoms with Gasteiger partial charge in [0.2, 0.25) is 0 Å². The molecule has 1 heterocycles. The predicted octanol–water partition coefficient (Wildman–Crippen LogP) is 2.36. The van der Waals surface area contributed by atoms with Crippen LogP contribution in [0.25, 0.3) is 0 Å². The number of nitrogens with one attached hydrogen (secondary N) is 3. The molecule has 126 valence electrons. The highest BCUT2D eigenvalue weighted by Crippen LogP contribution is 2.28. The molecular formula is C18H27N3O2. The van der Waals surface area contributed by atoms with Crippen LogP contribution < -0.4 is 16.0 Å². The van der Waals surface area contributed by atoms with Crippen molar-refractivity contribution in [3.05, 3.63) is 29.8 Å². The van der Waals surface area contributed by atoms with Crippen molar-refractivity contribution in [1.29, 1.82) is 0 Å². The van der Waals surface area contributed by atoms with Gasteiger partial charge >= 0.3 is 11.8 Å². The van der Waals surface area contributed by atoms with Crippen LogP contribution >= 0.6 is 0 Å². The van der Waals surface area contributed by atoms with Gasteiger partial charge in [0.05, 0.1) is 0 Å². The number of hydrogen-bond acceptors (Lipinski definition) is 3. The van der Waals surface area contributed by atoms with Crippen molar-refractivity contribution in [2.75, 3.05) is 5.32 Å². The van der Waals surface area contributed by atoms with Gasteiger partial charge in [0.1, 0.15) is 0 Å². The van der Waals surface area contributed by atoms with Gasteiger partial charge in [-0.25, -0.2) is 0 Å². The Hall–Kier alpha value is -1.88. The average Bonchev–Trinajstić information content (AvgIpc) is 2.34. The van der Waals surface area contributed by atoms with Gasteiger partial charge < -0.3 is 16.0 Å². The van der Waals surface area contributed by atoms with E-state index in [9.17, 15) is 9.59 Å². The van der Waals surface area contributed by atoms with Gasteiger partial charge in [-0.3, -0.25) is 9.59 Å². The van der Waals surface area contributed by atoms with Gasteiger partial charge in [-0.1, -0.05) is 12.1 Å². The minimum Gasteiger partial charge on any atom is -0.345 e. The number of carbonyl (C=O) groups excluding carboxylic acids is 2. The van der Waals surface area contributed by atoms with Crippen molar-refractivity contribution in [2.45, 2.75) is 64.6 Å². The zero-order valence-corrected chi connectivity index (χ0v) is 14.6. The summed E-state index contributed by atoms with van der Waals surface area (Å²) in [6.07, 6.45) is 1.58. The maximum atomic E-state index is 12.2. The summed E-state index contributed by atoms with van der Waals surface area (Å²) < 4.78 is 0. The summed E-state index contributed by atoms with van der Waals surface area (Å²) in [6.45, 7) is 10.4. The van der Waals surface area contributed by atoms with Gasteiger partial charge in [0.25, 0.3) is 0 Å². The molecule has 23 heavy (non-hydrogen) atoms. The Morgan fingerprint density at radius 2 is 1.70 bits per heavy atom. The molecular weight excluding hydrogens is 290 g/mol. The molecule has 1 aromatic carbocycles. The van der Waals surface area contributed by atoms with Crippen molar-refractivity contribution in [2.24, 2.45) is 0 Å². The molecule has 1 aliphatic rings. The fourth-order valence-corrected chi connectivity index (χ4v) is 3.59. The first-order chi connectivity index (χ1) is 10.6. The Balaban J connectivity index is 1.97. The number of hydrogen-bond donors (Lipinski definition) is 3. The number of amides is 2. The monoisotopic (exact) mass is 317 g/mol. The third-order valence-electron chi connectivity index (χ3n) is 4.01. The molecule has 1 fully saturated rings. The van der Waals surface area contributed by atoms with Gasteiger partial charge in [0, 0.05) is 22.8 Å². The van der Waals surface area contributed by atoms with E-state index in [1.165, 1.54) is 0 Å².